The molecule has 2 saturated heterocycles. The van der Waals surface area contributed by atoms with Gasteiger partial charge in [-0.1, -0.05) is 6.07 Å². The molecule has 2 aromatic rings. The summed E-state index contributed by atoms with van der Waals surface area (Å²) in [6.45, 7) is 3.49. The van der Waals surface area contributed by atoms with Gasteiger partial charge in [0.05, 0.1) is 12.2 Å². The van der Waals surface area contributed by atoms with Gasteiger partial charge in [0.15, 0.2) is 12.1 Å². The van der Waals surface area contributed by atoms with Crippen LogP contribution in [0.5, 0.6) is 0 Å². The summed E-state index contributed by atoms with van der Waals surface area (Å²) in [4.78, 5) is 22.3. The number of likely N-dealkylation sites (tertiary alicyclic amines) is 1. The van der Waals surface area contributed by atoms with Crippen LogP contribution in [0.1, 0.15) is 41.7 Å². The van der Waals surface area contributed by atoms with E-state index in [0.29, 0.717) is 37.9 Å². The average molecular weight is 371 g/mol. The topological polar surface area (TPSA) is 77.7 Å². The van der Waals surface area contributed by atoms with Crippen molar-refractivity contribution < 1.29 is 18.7 Å². The maximum absolute atomic E-state index is 12.4. The molecule has 2 aromatic heterocycles. The van der Waals surface area contributed by atoms with Crippen molar-refractivity contribution in [3.05, 3.63) is 48.4 Å². The number of carbonyl (C=O) groups excluding carboxylic acids is 1. The van der Waals surface area contributed by atoms with Crippen LogP contribution >= 0.6 is 0 Å². The predicted molar refractivity (Wildman–Crippen MR) is 96.9 cm³/mol. The van der Waals surface area contributed by atoms with Crippen LogP contribution < -0.4 is 0 Å². The Morgan fingerprint density at radius 1 is 1.37 bits per heavy atom. The van der Waals surface area contributed by atoms with Crippen molar-refractivity contribution in [3.63, 3.8) is 0 Å². The number of hydrogen-bond donors (Lipinski definition) is 0. The van der Waals surface area contributed by atoms with Gasteiger partial charge in [0, 0.05) is 38.7 Å². The van der Waals surface area contributed by atoms with Crippen LogP contribution in [-0.4, -0.2) is 52.7 Å². The fourth-order valence-electron chi connectivity index (χ4n) is 4.21. The molecule has 0 bridgehead atoms. The summed E-state index contributed by atoms with van der Waals surface area (Å²) < 4.78 is 17.0. The summed E-state index contributed by atoms with van der Waals surface area (Å²) in [6.07, 6.45) is 10.1. The molecule has 0 aliphatic carbocycles. The number of pyridine rings is 1. The highest BCUT2D eigenvalue weighted by atomic mass is 16.5. The second-order valence-electron chi connectivity index (χ2n) is 7.27. The molecule has 2 aliphatic rings. The van der Waals surface area contributed by atoms with Gasteiger partial charge in [0.25, 0.3) is 5.91 Å². The maximum Gasteiger partial charge on any atom is 0.275 e. The van der Waals surface area contributed by atoms with Crippen LogP contribution in [-0.2, 0) is 16.1 Å². The monoisotopic (exact) mass is 371 g/mol. The summed E-state index contributed by atoms with van der Waals surface area (Å²) in [5.74, 6) is 0.420. The van der Waals surface area contributed by atoms with Gasteiger partial charge in [-0.05, 0) is 43.2 Å². The van der Waals surface area contributed by atoms with Crippen LogP contribution in [0.2, 0.25) is 0 Å². The van der Waals surface area contributed by atoms with Crippen LogP contribution in [0.25, 0.3) is 0 Å². The third kappa shape index (κ3) is 4.04. The minimum Gasteiger partial charge on any atom is -0.451 e. The SMILES string of the molecule is O=C(c1cocn1)N1CCC2(CC1)OCC[C@@H]2CCOCc1cccnc1. The summed E-state index contributed by atoms with van der Waals surface area (Å²) >= 11 is 0. The van der Waals surface area contributed by atoms with Crippen molar-refractivity contribution in [2.75, 3.05) is 26.3 Å². The van der Waals surface area contributed by atoms with E-state index in [1.54, 1.807) is 6.20 Å². The molecule has 2 aliphatic heterocycles. The van der Waals surface area contributed by atoms with E-state index in [0.717, 1.165) is 37.9 Å². The Morgan fingerprint density at radius 3 is 3.00 bits per heavy atom. The number of nitrogens with zero attached hydrogens (tertiary/aromatic N) is 3. The number of amides is 1. The van der Waals surface area contributed by atoms with E-state index in [1.165, 1.54) is 12.7 Å². The first-order valence-corrected chi connectivity index (χ1v) is 9.55. The molecule has 0 N–H and O–H groups in total. The van der Waals surface area contributed by atoms with E-state index >= 15 is 0 Å². The molecule has 4 rings (SSSR count). The Labute approximate surface area is 158 Å². The van der Waals surface area contributed by atoms with E-state index < -0.39 is 0 Å². The van der Waals surface area contributed by atoms with Gasteiger partial charge in [-0.2, -0.15) is 0 Å². The predicted octanol–water partition coefficient (Wildman–Crippen LogP) is 2.69. The number of aromatic nitrogens is 2. The van der Waals surface area contributed by atoms with Gasteiger partial charge in [-0.25, -0.2) is 4.98 Å². The van der Waals surface area contributed by atoms with Gasteiger partial charge < -0.3 is 18.8 Å². The number of rotatable bonds is 6. The zero-order valence-corrected chi connectivity index (χ0v) is 15.4. The zero-order chi connectivity index (χ0) is 18.5. The minimum absolute atomic E-state index is 0.0621. The lowest BCUT2D eigenvalue weighted by molar-refractivity contribution is -0.0675. The summed E-state index contributed by atoms with van der Waals surface area (Å²) in [7, 11) is 0. The zero-order valence-electron chi connectivity index (χ0n) is 15.4. The van der Waals surface area contributed by atoms with Crippen molar-refractivity contribution in [2.45, 2.75) is 37.9 Å². The van der Waals surface area contributed by atoms with Crippen molar-refractivity contribution in [1.29, 1.82) is 0 Å². The molecule has 144 valence electrons. The van der Waals surface area contributed by atoms with Gasteiger partial charge in [0.1, 0.15) is 6.26 Å². The van der Waals surface area contributed by atoms with Crippen molar-refractivity contribution >= 4 is 5.91 Å². The largest absolute Gasteiger partial charge is 0.451 e. The maximum atomic E-state index is 12.4. The second kappa shape index (κ2) is 8.19. The standard InChI is InChI=1S/C20H25N3O4/c24-19(18-14-26-15-22-18)23-8-5-20(6-9-23)17(4-11-27-20)3-10-25-13-16-2-1-7-21-12-16/h1-2,7,12,14-15,17H,3-6,8-11,13H2/t17-/m0/s1. The Bertz CT molecular complexity index is 727. The lowest BCUT2D eigenvalue weighted by Crippen LogP contribution is -2.49. The van der Waals surface area contributed by atoms with Crippen molar-refractivity contribution in [2.24, 2.45) is 5.92 Å². The van der Waals surface area contributed by atoms with Crippen molar-refractivity contribution in [3.8, 4) is 0 Å². The summed E-state index contributed by atoms with van der Waals surface area (Å²) in [5.41, 5.74) is 1.35. The van der Waals surface area contributed by atoms with E-state index in [2.05, 4.69) is 9.97 Å². The summed E-state index contributed by atoms with van der Waals surface area (Å²) in [5, 5.41) is 0. The quantitative estimate of drug-likeness (QED) is 0.727. The Kier molecular flexibility index (Phi) is 5.50. The van der Waals surface area contributed by atoms with Gasteiger partial charge in [-0.15, -0.1) is 0 Å². The van der Waals surface area contributed by atoms with Gasteiger partial charge in [-0.3, -0.25) is 9.78 Å². The molecule has 1 spiro atoms. The Balaban J connectivity index is 1.26. The first-order chi connectivity index (χ1) is 13.3. The Hall–Kier alpha value is -2.25. The highest BCUT2D eigenvalue weighted by Gasteiger charge is 2.46. The molecule has 27 heavy (non-hydrogen) atoms. The fourth-order valence-corrected chi connectivity index (χ4v) is 4.21. The molecular formula is C20H25N3O4. The molecule has 0 unspecified atom stereocenters. The molecule has 0 aromatic carbocycles. The molecular weight excluding hydrogens is 346 g/mol. The molecule has 7 heteroatoms. The molecule has 0 saturated carbocycles. The average Bonchev–Trinajstić information content (AvgIpc) is 3.37. The first kappa shape index (κ1) is 18.1. The van der Waals surface area contributed by atoms with E-state index in [9.17, 15) is 4.79 Å². The molecule has 0 radical (unpaired) electrons. The molecule has 1 atom stereocenters. The number of ether oxygens (including phenoxy) is 2. The number of hydrogen-bond acceptors (Lipinski definition) is 6. The van der Waals surface area contributed by atoms with Gasteiger partial charge >= 0.3 is 0 Å². The highest BCUT2D eigenvalue weighted by Crippen LogP contribution is 2.42. The highest BCUT2D eigenvalue weighted by molar-refractivity contribution is 5.91. The van der Waals surface area contributed by atoms with Crippen molar-refractivity contribution in [1.82, 2.24) is 14.9 Å². The minimum atomic E-state index is -0.113. The molecule has 7 nitrogen and oxygen atoms in total. The lowest BCUT2D eigenvalue weighted by Gasteiger charge is -2.42. The lowest BCUT2D eigenvalue weighted by atomic mass is 9.78. The number of carbonyl (C=O) groups is 1. The smallest absolute Gasteiger partial charge is 0.275 e. The van der Waals surface area contributed by atoms with Crippen LogP contribution in [0.3, 0.4) is 0 Å². The second-order valence-corrected chi connectivity index (χ2v) is 7.27. The molecule has 1 amide bonds. The number of oxazole rings is 1. The van der Waals surface area contributed by atoms with Crippen LogP contribution in [0.15, 0.2) is 41.6 Å². The fraction of sp³-hybridized carbons (Fsp3) is 0.550. The Morgan fingerprint density at radius 2 is 2.26 bits per heavy atom. The first-order valence-electron chi connectivity index (χ1n) is 9.55. The van der Waals surface area contributed by atoms with E-state index in [1.807, 2.05) is 23.2 Å². The van der Waals surface area contributed by atoms with Crippen LogP contribution in [0.4, 0.5) is 0 Å². The third-order valence-corrected chi connectivity index (χ3v) is 5.75. The van der Waals surface area contributed by atoms with Gasteiger partial charge in [0.2, 0.25) is 0 Å². The summed E-state index contributed by atoms with van der Waals surface area (Å²) in [6, 6.07) is 3.95. The number of piperidine rings is 1. The normalized spacial score (nSPS) is 21.6. The van der Waals surface area contributed by atoms with E-state index in [4.69, 9.17) is 13.9 Å². The van der Waals surface area contributed by atoms with E-state index in [-0.39, 0.29) is 11.5 Å². The van der Waals surface area contributed by atoms with Crippen LogP contribution in [0, 0.1) is 5.92 Å². The molecule has 4 heterocycles. The molecule has 2 fully saturated rings. The third-order valence-electron chi connectivity index (χ3n) is 5.75.